The van der Waals surface area contributed by atoms with Crippen LogP contribution in [-0.4, -0.2) is 44.4 Å². The van der Waals surface area contributed by atoms with E-state index in [1.54, 1.807) is 13.2 Å². The summed E-state index contributed by atoms with van der Waals surface area (Å²) in [4.78, 5) is 5.38. The van der Waals surface area contributed by atoms with Crippen LogP contribution >= 0.6 is 0 Å². The summed E-state index contributed by atoms with van der Waals surface area (Å²) in [5.74, 6) is 0.942. The summed E-state index contributed by atoms with van der Waals surface area (Å²) in [6.07, 6.45) is 9.85. The van der Waals surface area contributed by atoms with Crippen molar-refractivity contribution in [3.8, 4) is 28.3 Å². The molecule has 7 heteroatoms. The van der Waals surface area contributed by atoms with Gasteiger partial charge in [0.25, 0.3) is 0 Å². The van der Waals surface area contributed by atoms with Gasteiger partial charge in [-0.3, -0.25) is 4.98 Å². The molecule has 168 valence electrons. The first-order chi connectivity index (χ1) is 15.6. The van der Waals surface area contributed by atoms with Crippen LogP contribution in [0.5, 0.6) is 5.75 Å². The lowest BCUT2D eigenvalue weighted by atomic mass is 9.77. The Morgan fingerprint density at radius 2 is 1.88 bits per heavy atom. The van der Waals surface area contributed by atoms with Crippen LogP contribution < -0.4 is 0 Å². The number of H-pyrrole nitrogens is 1. The van der Waals surface area contributed by atoms with Gasteiger partial charge in [-0.25, -0.2) is 5.10 Å². The largest absolute Gasteiger partial charge is 0.508 e. The van der Waals surface area contributed by atoms with Crippen molar-refractivity contribution in [2.45, 2.75) is 70.1 Å². The number of hydrogen-bond donors (Lipinski definition) is 2. The van der Waals surface area contributed by atoms with Crippen molar-refractivity contribution in [1.29, 1.82) is 0 Å². The second kappa shape index (κ2) is 8.62. The number of hydrogen-bond acceptors (Lipinski definition) is 6. The molecule has 0 unspecified atom stereocenters. The van der Waals surface area contributed by atoms with Gasteiger partial charge in [0.2, 0.25) is 0 Å². The number of aromatic amines is 1. The van der Waals surface area contributed by atoms with E-state index in [2.05, 4.69) is 26.7 Å². The predicted octanol–water partition coefficient (Wildman–Crippen LogP) is 4.67. The van der Waals surface area contributed by atoms with E-state index >= 15 is 0 Å². The third-order valence-corrected chi connectivity index (χ3v) is 7.36. The molecule has 5 rings (SSSR count). The number of aromatic nitrogens is 5. The summed E-state index contributed by atoms with van der Waals surface area (Å²) >= 11 is 0. The molecule has 32 heavy (non-hydrogen) atoms. The van der Waals surface area contributed by atoms with Crippen LogP contribution in [0, 0.1) is 6.92 Å². The Balaban J connectivity index is 1.90. The molecule has 1 saturated carbocycles. The molecule has 2 aliphatic carbocycles. The first kappa shape index (κ1) is 21.1. The Labute approximate surface area is 188 Å². The Bertz CT molecular complexity index is 1100. The first-order valence-electron chi connectivity index (χ1n) is 11.7. The standard InChI is InChI=1S/C25H31N5O2/c1-16-17(10-8-12-20(16)31)21-18-9-4-3-5-11-19(18)26-23(22(21)24-27-29-30-28-24)25(15-32-2)13-6-7-14-25/h8,10,12,31H,3-7,9,11,13-15H2,1-2H3,(H,27,28,29,30). The number of benzene rings is 1. The van der Waals surface area contributed by atoms with Gasteiger partial charge in [-0.15, -0.1) is 5.10 Å². The van der Waals surface area contributed by atoms with Gasteiger partial charge in [-0.1, -0.05) is 31.4 Å². The molecule has 2 aromatic heterocycles. The monoisotopic (exact) mass is 433 g/mol. The zero-order valence-electron chi connectivity index (χ0n) is 18.9. The highest BCUT2D eigenvalue weighted by atomic mass is 16.5. The Hall–Kier alpha value is -2.80. The van der Waals surface area contributed by atoms with E-state index in [1.807, 2.05) is 13.0 Å². The van der Waals surface area contributed by atoms with Crippen LogP contribution in [0.1, 0.15) is 67.5 Å². The van der Waals surface area contributed by atoms with Crippen molar-refractivity contribution >= 4 is 0 Å². The molecular formula is C25H31N5O2. The van der Waals surface area contributed by atoms with Crippen molar-refractivity contribution in [2.75, 3.05) is 13.7 Å². The summed E-state index contributed by atoms with van der Waals surface area (Å²) in [7, 11) is 1.78. The first-order valence-corrected chi connectivity index (χ1v) is 11.7. The quantitative estimate of drug-likeness (QED) is 0.568. The maximum absolute atomic E-state index is 10.6. The van der Waals surface area contributed by atoms with Crippen molar-refractivity contribution in [1.82, 2.24) is 25.6 Å². The number of ether oxygens (including phenoxy) is 1. The van der Waals surface area contributed by atoms with Crippen LogP contribution in [-0.2, 0) is 23.0 Å². The number of phenolic OH excluding ortho intramolecular Hbond substituents is 1. The molecule has 2 aliphatic rings. The average molecular weight is 434 g/mol. The van der Waals surface area contributed by atoms with Gasteiger partial charge in [0.1, 0.15) is 5.75 Å². The molecule has 0 bridgehead atoms. The fourth-order valence-electron chi connectivity index (χ4n) is 5.77. The number of aromatic hydroxyl groups is 1. The highest BCUT2D eigenvalue weighted by molar-refractivity contribution is 5.88. The summed E-state index contributed by atoms with van der Waals surface area (Å²) in [5.41, 5.74) is 7.36. The third-order valence-electron chi connectivity index (χ3n) is 7.36. The van der Waals surface area contributed by atoms with Crippen LogP contribution in [0.4, 0.5) is 0 Å². The fraction of sp³-hybridized carbons (Fsp3) is 0.520. The topological polar surface area (TPSA) is 96.8 Å². The minimum atomic E-state index is -0.155. The van der Waals surface area contributed by atoms with Gasteiger partial charge in [0.05, 0.1) is 17.9 Å². The predicted molar refractivity (Wildman–Crippen MR) is 123 cm³/mol. The Kier molecular flexibility index (Phi) is 5.67. The van der Waals surface area contributed by atoms with Gasteiger partial charge < -0.3 is 9.84 Å². The molecule has 0 atom stereocenters. The lowest BCUT2D eigenvalue weighted by Crippen LogP contribution is -2.31. The molecule has 0 saturated heterocycles. The Morgan fingerprint density at radius 1 is 1.06 bits per heavy atom. The summed E-state index contributed by atoms with van der Waals surface area (Å²) in [6, 6.07) is 5.77. The molecule has 7 nitrogen and oxygen atoms in total. The van der Waals surface area contributed by atoms with E-state index in [0.717, 1.165) is 79.3 Å². The van der Waals surface area contributed by atoms with Crippen LogP contribution in [0.25, 0.3) is 22.5 Å². The van der Waals surface area contributed by atoms with Gasteiger partial charge in [-0.2, -0.15) is 0 Å². The maximum atomic E-state index is 10.6. The molecule has 1 fully saturated rings. The number of methoxy groups -OCH3 is 1. The lowest BCUT2D eigenvalue weighted by molar-refractivity contribution is 0.129. The van der Waals surface area contributed by atoms with Crippen LogP contribution in [0.2, 0.25) is 0 Å². The molecule has 0 amide bonds. The third kappa shape index (κ3) is 3.48. The fourth-order valence-corrected chi connectivity index (χ4v) is 5.77. The SMILES string of the molecule is COCC1(c2nc3c(c(-c4cccc(O)c4C)c2-c2nnn[nH]2)CCCCC3)CCCC1. The number of aryl methyl sites for hydroxylation is 1. The zero-order valence-corrected chi connectivity index (χ0v) is 18.9. The smallest absolute Gasteiger partial charge is 0.181 e. The summed E-state index contributed by atoms with van der Waals surface area (Å²) in [6.45, 7) is 2.61. The highest BCUT2D eigenvalue weighted by Crippen LogP contribution is 2.49. The van der Waals surface area contributed by atoms with Crippen LogP contribution in [0.15, 0.2) is 18.2 Å². The van der Waals surface area contributed by atoms with E-state index in [0.29, 0.717) is 18.2 Å². The minimum Gasteiger partial charge on any atom is -0.508 e. The molecule has 2 N–H and O–H groups in total. The number of fused-ring (bicyclic) bond motifs is 1. The Morgan fingerprint density at radius 3 is 2.62 bits per heavy atom. The van der Waals surface area contributed by atoms with Crippen molar-refractivity contribution in [3.05, 3.63) is 40.7 Å². The summed E-state index contributed by atoms with van der Waals surface area (Å²) < 4.78 is 5.77. The summed E-state index contributed by atoms with van der Waals surface area (Å²) in [5, 5.41) is 25.8. The minimum absolute atomic E-state index is 0.155. The molecule has 1 aromatic carbocycles. The number of nitrogens with zero attached hydrogens (tertiary/aromatic N) is 4. The van der Waals surface area contributed by atoms with E-state index in [1.165, 1.54) is 17.7 Å². The second-order valence-electron chi connectivity index (χ2n) is 9.32. The van der Waals surface area contributed by atoms with Crippen molar-refractivity contribution < 1.29 is 9.84 Å². The second-order valence-corrected chi connectivity index (χ2v) is 9.32. The highest BCUT2D eigenvalue weighted by Gasteiger charge is 2.41. The molecule has 0 radical (unpaired) electrons. The normalized spacial score (nSPS) is 17.8. The molecule has 0 spiro atoms. The maximum Gasteiger partial charge on any atom is 0.181 e. The van der Waals surface area contributed by atoms with E-state index < -0.39 is 0 Å². The van der Waals surface area contributed by atoms with Gasteiger partial charge >= 0.3 is 0 Å². The number of pyridine rings is 1. The molecule has 0 aliphatic heterocycles. The van der Waals surface area contributed by atoms with Gasteiger partial charge in [0.15, 0.2) is 5.82 Å². The lowest BCUT2D eigenvalue weighted by Gasteiger charge is -2.32. The van der Waals surface area contributed by atoms with E-state index in [9.17, 15) is 5.11 Å². The van der Waals surface area contributed by atoms with Crippen LogP contribution in [0.3, 0.4) is 0 Å². The number of phenols is 1. The van der Waals surface area contributed by atoms with Crippen molar-refractivity contribution in [2.24, 2.45) is 0 Å². The van der Waals surface area contributed by atoms with E-state index in [4.69, 9.17) is 9.72 Å². The van der Waals surface area contributed by atoms with Crippen molar-refractivity contribution in [3.63, 3.8) is 0 Å². The number of tetrazole rings is 1. The molecule has 3 aromatic rings. The van der Waals surface area contributed by atoms with E-state index in [-0.39, 0.29) is 5.41 Å². The average Bonchev–Trinajstić information content (AvgIpc) is 3.44. The van der Waals surface area contributed by atoms with Gasteiger partial charge in [-0.05, 0) is 84.2 Å². The number of nitrogens with one attached hydrogen (secondary N) is 1. The van der Waals surface area contributed by atoms with Gasteiger partial charge in [0, 0.05) is 18.2 Å². The number of rotatable bonds is 5. The molecule has 2 heterocycles. The molecular weight excluding hydrogens is 402 g/mol. The zero-order chi connectivity index (χ0) is 22.1.